The number of ether oxygens (including phenoxy) is 2. The number of carbonyl (C=O) groups excluding carboxylic acids is 2. The summed E-state index contributed by atoms with van der Waals surface area (Å²) >= 11 is 0. The SMILES string of the molecule is O=C(CC1(CCC2(CC(=O)Oc3ccccc3)c3ccccc3C3N=c4ccccc4=CC32)C2=CCCC=C2C2=C1C=C1C=CC=CC1N2)Oc1ccccc1. The monoisotopic (exact) mass is 734 g/mol. The molecule has 4 aromatic carbocycles. The minimum absolute atomic E-state index is 0.0509. The Labute approximate surface area is 326 Å². The van der Waals surface area contributed by atoms with Gasteiger partial charge in [-0.2, -0.15) is 0 Å². The van der Waals surface area contributed by atoms with Crippen LogP contribution in [0.2, 0.25) is 0 Å². The molecule has 4 aliphatic carbocycles. The van der Waals surface area contributed by atoms with Gasteiger partial charge in [0.15, 0.2) is 0 Å². The molecule has 1 N–H and O–H groups in total. The number of fused-ring (bicyclic) bond motifs is 7. The van der Waals surface area contributed by atoms with E-state index in [1.807, 2.05) is 72.8 Å². The lowest BCUT2D eigenvalue weighted by atomic mass is 9.62. The van der Waals surface area contributed by atoms with Gasteiger partial charge in [0.05, 0.1) is 30.3 Å². The van der Waals surface area contributed by atoms with Crippen molar-refractivity contribution in [2.24, 2.45) is 16.3 Å². The van der Waals surface area contributed by atoms with E-state index in [4.69, 9.17) is 14.5 Å². The van der Waals surface area contributed by atoms with Gasteiger partial charge >= 0.3 is 11.9 Å². The highest BCUT2D eigenvalue weighted by Crippen LogP contribution is 2.62. The number of hydrogen-bond donors (Lipinski definition) is 1. The number of rotatable bonds is 9. The number of hydrogen-bond acceptors (Lipinski definition) is 6. The van der Waals surface area contributed by atoms with Gasteiger partial charge in [-0.3, -0.25) is 14.6 Å². The lowest BCUT2D eigenvalue weighted by Crippen LogP contribution is -2.42. The zero-order valence-electron chi connectivity index (χ0n) is 31.1. The van der Waals surface area contributed by atoms with Crippen LogP contribution in [0.3, 0.4) is 0 Å². The molecular formula is C50H42N2O4. The molecule has 6 aliphatic rings. The number of nitrogens with one attached hydrogen (secondary N) is 1. The smallest absolute Gasteiger partial charge is 0.312 e. The average Bonchev–Trinajstić information content (AvgIpc) is 3.64. The molecule has 0 radical (unpaired) electrons. The van der Waals surface area contributed by atoms with Gasteiger partial charge in [0.2, 0.25) is 0 Å². The van der Waals surface area contributed by atoms with Crippen LogP contribution in [-0.4, -0.2) is 18.0 Å². The molecule has 0 bridgehead atoms. The van der Waals surface area contributed by atoms with E-state index in [0.717, 1.165) is 51.4 Å². The third-order valence-electron chi connectivity index (χ3n) is 12.6. The van der Waals surface area contributed by atoms with Gasteiger partial charge in [0.1, 0.15) is 11.5 Å². The van der Waals surface area contributed by atoms with Gasteiger partial charge in [-0.05, 0) is 94.7 Å². The Balaban J connectivity index is 1.13. The van der Waals surface area contributed by atoms with Crippen molar-refractivity contribution >= 4 is 18.0 Å². The quantitative estimate of drug-likeness (QED) is 0.138. The van der Waals surface area contributed by atoms with Crippen LogP contribution in [0.5, 0.6) is 11.5 Å². The third-order valence-corrected chi connectivity index (χ3v) is 12.6. The molecule has 2 aliphatic heterocycles. The Kier molecular flexibility index (Phi) is 8.43. The summed E-state index contributed by atoms with van der Waals surface area (Å²) in [5.41, 5.74) is 6.56. The van der Waals surface area contributed by atoms with E-state index in [1.54, 1.807) is 0 Å². The second-order valence-electron chi connectivity index (χ2n) is 15.7. The first-order valence-corrected chi connectivity index (χ1v) is 19.8. The Morgan fingerprint density at radius 1 is 0.750 bits per heavy atom. The maximum absolute atomic E-state index is 14.4. The first-order valence-electron chi connectivity index (χ1n) is 19.8. The van der Waals surface area contributed by atoms with Gasteiger partial charge in [-0.25, -0.2) is 0 Å². The number of carbonyl (C=O) groups is 2. The molecule has 2 heterocycles. The number of dihydropyridines is 1. The van der Waals surface area contributed by atoms with Gasteiger partial charge in [0, 0.05) is 22.4 Å². The summed E-state index contributed by atoms with van der Waals surface area (Å²) in [6, 6.07) is 35.3. The topological polar surface area (TPSA) is 77.0 Å². The molecule has 6 nitrogen and oxygen atoms in total. The molecule has 276 valence electrons. The van der Waals surface area contributed by atoms with E-state index in [1.165, 1.54) is 11.1 Å². The molecule has 0 amide bonds. The number of allylic oxidation sites excluding steroid dienone is 7. The fraction of sp³-hybridized carbons (Fsp3) is 0.220. The minimum Gasteiger partial charge on any atom is -0.427 e. The van der Waals surface area contributed by atoms with Crippen LogP contribution < -0.4 is 25.4 Å². The van der Waals surface area contributed by atoms with Crippen molar-refractivity contribution in [1.29, 1.82) is 0 Å². The summed E-state index contributed by atoms with van der Waals surface area (Å²) in [4.78, 5) is 34.1. The largest absolute Gasteiger partial charge is 0.427 e. The van der Waals surface area contributed by atoms with E-state index in [0.29, 0.717) is 24.3 Å². The summed E-state index contributed by atoms with van der Waals surface area (Å²) in [5, 5.41) is 5.91. The molecule has 0 saturated heterocycles. The van der Waals surface area contributed by atoms with Crippen LogP contribution in [0, 0.1) is 11.3 Å². The van der Waals surface area contributed by atoms with E-state index in [2.05, 4.69) is 90.3 Å². The molecule has 0 fully saturated rings. The molecule has 5 atom stereocenters. The number of para-hydroxylation sites is 3. The summed E-state index contributed by atoms with van der Waals surface area (Å²) in [6.07, 6.45) is 21.2. The highest BCUT2D eigenvalue weighted by molar-refractivity contribution is 5.80. The first kappa shape index (κ1) is 34.2. The van der Waals surface area contributed by atoms with E-state index < -0.39 is 10.8 Å². The Morgan fingerprint density at radius 2 is 1.45 bits per heavy atom. The predicted octanol–water partition coefficient (Wildman–Crippen LogP) is 8.41. The van der Waals surface area contributed by atoms with Gasteiger partial charge in [-0.15, -0.1) is 0 Å². The summed E-state index contributed by atoms with van der Waals surface area (Å²) in [7, 11) is 0. The molecule has 4 aromatic rings. The normalized spacial score (nSPS) is 25.9. The zero-order chi connectivity index (χ0) is 37.7. The van der Waals surface area contributed by atoms with Crippen molar-refractivity contribution < 1.29 is 19.1 Å². The van der Waals surface area contributed by atoms with Crippen molar-refractivity contribution in [3.8, 4) is 11.5 Å². The van der Waals surface area contributed by atoms with Gasteiger partial charge in [-0.1, -0.05) is 127 Å². The van der Waals surface area contributed by atoms with Crippen LogP contribution in [0.4, 0.5) is 0 Å². The molecular weight excluding hydrogens is 693 g/mol. The highest BCUT2D eigenvalue weighted by Gasteiger charge is 2.56. The van der Waals surface area contributed by atoms with Crippen molar-refractivity contribution in [3.63, 3.8) is 0 Å². The Morgan fingerprint density at radius 3 is 2.25 bits per heavy atom. The van der Waals surface area contributed by atoms with E-state index in [-0.39, 0.29) is 42.8 Å². The lowest BCUT2D eigenvalue weighted by Gasteiger charge is -2.41. The third kappa shape index (κ3) is 5.74. The standard InChI is InChI=1S/C50H42N2O4/c53-45(55-35-17-3-1-4-18-35)31-49(39-23-11-9-21-37(39)47-41(49)29-33-15-7-13-25-43(33)51-47)27-28-50(32-46(54)56-36-19-5-2-6-20-36)40-24-12-10-22-38(40)48-42(50)30-34-16-8-14-26-44(34)52-48/h1-9,11,13-26,29-30,41,44,47,52H,10,12,27-28,31-32H2. The molecule has 56 heavy (non-hydrogen) atoms. The van der Waals surface area contributed by atoms with Gasteiger partial charge < -0.3 is 14.8 Å². The van der Waals surface area contributed by atoms with Crippen LogP contribution in [-0.2, 0) is 15.0 Å². The van der Waals surface area contributed by atoms with Crippen molar-refractivity contribution in [2.45, 2.75) is 56.0 Å². The van der Waals surface area contributed by atoms with Crippen LogP contribution >= 0.6 is 0 Å². The second kappa shape index (κ2) is 13.8. The molecule has 6 heteroatoms. The second-order valence-corrected chi connectivity index (χ2v) is 15.7. The van der Waals surface area contributed by atoms with Crippen LogP contribution in [0.1, 0.15) is 55.7 Å². The fourth-order valence-electron chi connectivity index (χ4n) is 10.2. The molecule has 0 spiro atoms. The van der Waals surface area contributed by atoms with Crippen molar-refractivity contribution in [2.75, 3.05) is 0 Å². The number of benzene rings is 4. The molecule has 0 aromatic heterocycles. The minimum atomic E-state index is -0.722. The van der Waals surface area contributed by atoms with Gasteiger partial charge in [0.25, 0.3) is 0 Å². The highest BCUT2D eigenvalue weighted by atomic mass is 16.5. The molecule has 10 rings (SSSR count). The molecule has 5 unspecified atom stereocenters. The Bertz CT molecular complexity index is 2580. The van der Waals surface area contributed by atoms with E-state index in [9.17, 15) is 9.59 Å². The van der Waals surface area contributed by atoms with Crippen molar-refractivity contribution in [1.82, 2.24) is 5.32 Å². The molecule has 0 saturated carbocycles. The first-order chi connectivity index (χ1) is 27.5. The van der Waals surface area contributed by atoms with Crippen molar-refractivity contribution in [3.05, 3.63) is 201 Å². The zero-order valence-corrected chi connectivity index (χ0v) is 31.1. The fourth-order valence-corrected chi connectivity index (χ4v) is 10.2. The number of esters is 2. The van der Waals surface area contributed by atoms with Crippen LogP contribution in [0.25, 0.3) is 6.08 Å². The van der Waals surface area contributed by atoms with E-state index >= 15 is 0 Å². The average molecular weight is 735 g/mol. The summed E-state index contributed by atoms with van der Waals surface area (Å²) < 4.78 is 12.2. The maximum atomic E-state index is 14.4. The summed E-state index contributed by atoms with van der Waals surface area (Å²) in [6.45, 7) is 0. The van der Waals surface area contributed by atoms with Crippen LogP contribution in [0.15, 0.2) is 185 Å². The number of nitrogens with zero attached hydrogens (tertiary/aromatic N) is 1. The lowest BCUT2D eigenvalue weighted by molar-refractivity contribution is -0.137. The summed E-state index contributed by atoms with van der Waals surface area (Å²) in [5.74, 6) is 0.360. The maximum Gasteiger partial charge on any atom is 0.312 e. The Hall–Kier alpha value is -6.27. The predicted molar refractivity (Wildman–Crippen MR) is 217 cm³/mol.